The highest BCUT2D eigenvalue weighted by atomic mass is 19.4. The molecule has 0 saturated carbocycles. The molecule has 5 N–H and O–H groups in total. The molecule has 3 rings (SSSR count). The van der Waals surface area contributed by atoms with Crippen molar-refractivity contribution in [1.82, 2.24) is 10.3 Å². The van der Waals surface area contributed by atoms with E-state index in [1.54, 1.807) is 13.0 Å². The maximum Gasteiger partial charge on any atom is 0.407 e. The fourth-order valence-electron chi connectivity index (χ4n) is 3.49. The van der Waals surface area contributed by atoms with Gasteiger partial charge in [0.05, 0.1) is 18.0 Å². The highest BCUT2D eigenvalue weighted by Gasteiger charge is 2.40. The van der Waals surface area contributed by atoms with Crippen LogP contribution in [0.15, 0.2) is 46.3 Å². The number of hydrogen-bond donors (Lipinski definition) is 4. The third-order valence-electron chi connectivity index (χ3n) is 4.95. The molecule has 10 heteroatoms. The lowest BCUT2D eigenvalue weighted by Gasteiger charge is -2.25. The third kappa shape index (κ3) is 5.86. The Bertz CT molecular complexity index is 951. The van der Waals surface area contributed by atoms with E-state index in [2.05, 4.69) is 20.6 Å². The molecule has 168 valence electrons. The van der Waals surface area contributed by atoms with Crippen molar-refractivity contribution in [1.29, 1.82) is 0 Å². The number of H-pyrrole nitrogens is 1. The van der Waals surface area contributed by atoms with E-state index in [4.69, 9.17) is 10.5 Å². The first-order valence-corrected chi connectivity index (χ1v) is 10.1. The monoisotopic (exact) mass is 437 g/mol. The number of aromatic amines is 1. The number of alkyl halides is 3. The van der Waals surface area contributed by atoms with Gasteiger partial charge in [-0.3, -0.25) is 4.79 Å². The van der Waals surface area contributed by atoms with Crippen LogP contribution in [0.25, 0.3) is 0 Å². The van der Waals surface area contributed by atoms with E-state index >= 15 is 0 Å². The van der Waals surface area contributed by atoms with E-state index in [0.717, 1.165) is 12.8 Å². The summed E-state index contributed by atoms with van der Waals surface area (Å²) in [4.78, 5) is 19.3. The average Bonchev–Trinajstić information content (AvgIpc) is 2.73. The minimum absolute atomic E-state index is 0.0344. The molecule has 31 heavy (non-hydrogen) atoms. The molecule has 1 aromatic carbocycles. The zero-order valence-corrected chi connectivity index (χ0v) is 17.1. The Balaban J connectivity index is 1.85. The maximum absolute atomic E-state index is 13.2. The van der Waals surface area contributed by atoms with Gasteiger partial charge >= 0.3 is 6.18 Å². The summed E-state index contributed by atoms with van der Waals surface area (Å²) in [7, 11) is 0. The van der Waals surface area contributed by atoms with Gasteiger partial charge in [-0.05, 0) is 43.1 Å². The Morgan fingerprint density at radius 2 is 2.06 bits per heavy atom. The van der Waals surface area contributed by atoms with Crippen LogP contribution in [0.4, 0.5) is 24.5 Å². The molecular formula is C21H26F3N5O2. The molecule has 2 heterocycles. The highest BCUT2D eigenvalue weighted by Crippen LogP contribution is 2.33. The van der Waals surface area contributed by atoms with Crippen LogP contribution >= 0.6 is 0 Å². The van der Waals surface area contributed by atoms with Crippen LogP contribution in [0.3, 0.4) is 0 Å². The summed E-state index contributed by atoms with van der Waals surface area (Å²) in [5.41, 5.74) is 6.82. The molecule has 1 saturated heterocycles. The lowest BCUT2D eigenvalue weighted by Crippen LogP contribution is -2.34. The second-order valence-corrected chi connectivity index (χ2v) is 7.27. The zero-order valence-electron chi connectivity index (χ0n) is 17.1. The molecule has 1 aliphatic rings. The molecule has 0 amide bonds. The Hall–Kier alpha value is -2.85. The summed E-state index contributed by atoms with van der Waals surface area (Å²) in [6, 6.07) is 5.56. The minimum atomic E-state index is -4.42. The van der Waals surface area contributed by atoms with Crippen molar-refractivity contribution in [3.8, 4) is 0 Å². The number of ether oxygens (including phenoxy) is 1. The Labute approximate surface area is 177 Å². The largest absolute Gasteiger partial charge is 0.407 e. The molecule has 1 fully saturated rings. The molecule has 1 aromatic heterocycles. The molecule has 2 unspecified atom stereocenters. The van der Waals surface area contributed by atoms with Gasteiger partial charge in [0.25, 0.3) is 5.56 Å². The van der Waals surface area contributed by atoms with E-state index in [1.807, 2.05) is 0 Å². The van der Waals surface area contributed by atoms with E-state index < -0.39 is 17.8 Å². The number of aliphatic imine (C=N–C) groups is 1. The van der Waals surface area contributed by atoms with Crippen LogP contribution in [-0.2, 0) is 4.74 Å². The van der Waals surface area contributed by atoms with E-state index in [9.17, 15) is 18.0 Å². The quantitative estimate of drug-likeness (QED) is 0.393. The van der Waals surface area contributed by atoms with Crippen LogP contribution in [0.2, 0.25) is 0 Å². The number of nitrogens with two attached hydrogens (primary N) is 1. The molecule has 2 aromatic rings. The van der Waals surface area contributed by atoms with Crippen molar-refractivity contribution >= 4 is 17.2 Å². The van der Waals surface area contributed by atoms with Gasteiger partial charge in [-0.2, -0.15) is 13.2 Å². The summed E-state index contributed by atoms with van der Waals surface area (Å²) in [5, 5.41) is 5.70. The summed E-state index contributed by atoms with van der Waals surface area (Å²) < 4.78 is 45.2. The summed E-state index contributed by atoms with van der Waals surface area (Å²) in [5.74, 6) is -0.0344. The second-order valence-electron chi connectivity index (χ2n) is 7.27. The fraction of sp³-hybridized carbons (Fsp3) is 0.429. The number of nitrogens with zero attached hydrogens (tertiary/aromatic N) is 1. The van der Waals surface area contributed by atoms with Crippen LogP contribution < -0.4 is 21.9 Å². The second kappa shape index (κ2) is 9.97. The first-order valence-electron chi connectivity index (χ1n) is 10.1. The topological polar surface area (TPSA) is 105 Å². The smallest absolute Gasteiger partial charge is 0.383 e. The standard InChI is InChI=1S/C21H26F3N5O2/c1-2-26-18(21(22,23)24)13-5-7-14(8-6-13)29-19(25)17-16(9-10-27-20(17)30)28-15-4-3-11-31-12-15/h5-10,15,18,26H,2-4,11-12H2,1H3,(H2,25,29)(H2,27,28,30). The van der Waals surface area contributed by atoms with Gasteiger partial charge in [0.1, 0.15) is 17.4 Å². The van der Waals surface area contributed by atoms with Crippen molar-refractivity contribution in [3.63, 3.8) is 0 Å². The van der Waals surface area contributed by atoms with Crippen molar-refractivity contribution in [2.75, 3.05) is 25.1 Å². The molecule has 0 aliphatic carbocycles. The van der Waals surface area contributed by atoms with Gasteiger partial charge < -0.3 is 26.1 Å². The molecule has 7 nitrogen and oxygen atoms in total. The lowest BCUT2D eigenvalue weighted by molar-refractivity contribution is -0.157. The number of anilines is 1. The van der Waals surface area contributed by atoms with Gasteiger partial charge in [0.2, 0.25) is 0 Å². The maximum atomic E-state index is 13.2. The zero-order chi connectivity index (χ0) is 22.4. The molecule has 1 aliphatic heterocycles. The first kappa shape index (κ1) is 22.8. The van der Waals surface area contributed by atoms with Gasteiger partial charge in [0, 0.05) is 18.8 Å². The summed E-state index contributed by atoms with van der Waals surface area (Å²) in [6.45, 7) is 3.02. The fourth-order valence-corrected chi connectivity index (χ4v) is 3.49. The van der Waals surface area contributed by atoms with Gasteiger partial charge in [-0.1, -0.05) is 19.1 Å². The molecule has 0 radical (unpaired) electrons. The van der Waals surface area contributed by atoms with Gasteiger partial charge in [-0.15, -0.1) is 0 Å². The van der Waals surface area contributed by atoms with Gasteiger partial charge in [0.15, 0.2) is 0 Å². The predicted octanol–water partition coefficient (Wildman–Crippen LogP) is 3.22. The first-order chi connectivity index (χ1) is 14.8. The predicted molar refractivity (Wildman–Crippen MR) is 114 cm³/mol. The minimum Gasteiger partial charge on any atom is -0.383 e. The van der Waals surface area contributed by atoms with Crippen molar-refractivity contribution in [3.05, 3.63) is 58.0 Å². The summed E-state index contributed by atoms with van der Waals surface area (Å²) >= 11 is 0. The van der Waals surface area contributed by atoms with Gasteiger partial charge in [-0.25, -0.2) is 4.99 Å². The van der Waals surface area contributed by atoms with Crippen LogP contribution in [-0.4, -0.2) is 42.8 Å². The SMILES string of the molecule is CCNC(c1ccc(N=C(N)c2c(NC3CCCOC3)cc[nH]c2=O)cc1)C(F)(F)F. The number of aromatic nitrogens is 1. The number of amidine groups is 1. The van der Waals surface area contributed by atoms with Crippen LogP contribution in [0, 0.1) is 0 Å². The van der Waals surface area contributed by atoms with Crippen LogP contribution in [0.1, 0.15) is 36.9 Å². The lowest BCUT2D eigenvalue weighted by atomic mass is 10.1. The highest BCUT2D eigenvalue weighted by molar-refractivity contribution is 6.03. The number of pyridine rings is 1. The number of halogens is 3. The molecule has 2 atom stereocenters. The molecule has 0 spiro atoms. The van der Waals surface area contributed by atoms with Crippen molar-refractivity contribution in [2.24, 2.45) is 10.7 Å². The molecular weight excluding hydrogens is 411 g/mol. The number of rotatable bonds is 7. The Morgan fingerprint density at radius 3 is 2.68 bits per heavy atom. The third-order valence-corrected chi connectivity index (χ3v) is 4.95. The number of benzene rings is 1. The van der Waals surface area contributed by atoms with Crippen LogP contribution in [0.5, 0.6) is 0 Å². The number of hydrogen-bond acceptors (Lipinski definition) is 5. The van der Waals surface area contributed by atoms with Crippen molar-refractivity contribution in [2.45, 2.75) is 38.0 Å². The normalized spacial score (nSPS) is 18.6. The van der Waals surface area contributed by atoms with Crippen molar-refractivity contribution < 1.29 is 17.9 Å². The summed E-state index contributed by atoms with van der Waals surface area (Å²) in [6.07, 6.45) is -1.09. The Morgan fingerprint density at radius 1 is 1.32 bits per heavy atom. The molecule has 0 bridgehead atoms. The number of nitrogens with one attached hydrogen (secondary N) is 3. The average molecular weight is 437 g/mol. The van der Waals surface area contributed by atoms with E-state index in [0.29, 0.717) is 24.6 Å². The van der Waals surface area contributed by atoms with E-state index in [1.165, 1.54) is 30.5 Å². The Kier molecular flexibility index (Phi) is 7.34. The van der Waals surface area contributed by atoms with E-state index in [-0.39, 0.29) is 29.5 Å².